The van der Waals surface area contributed by atoms with Crippen LogP contribution in [0.2, 0.25) is 0 Å². The van der Waals surface area contributed by atoms with Crippen molar-refractivity contribution in [2.45, 2.75) is 25.7 Å². The van der Waals surface area contributed by atoms with Crippen molar-refractivity contribution in [1.29, 1.82) is 0 Å². The largest absolute Gasteiger partial charge is 0.478 e. The number of aromatic carboxylic acids is 1. The van der Waals surface area contributed by atoms with Crippen LogP contribution >= 0.6 is 0 Å². The third kappa shape index (κ3) is 3.67. The van der Waals surface area contributed by atoms with Crippen molar-refractivity contribution in [2.24, 2.45) is 0 Å². The molecule has 2 heterocycles. The van der Waals surface area contributed by atoms with Crippen molar-refractivity contribution in [1.82, 2.24) is 9.88 Å². The first-order chi connectivity index (χ1) is 9.16. The van der Waals surface area contributed by atoms with Crippen LogP contribution < -0.4 is 5.32 Å². The molecule has 19 heavy (non-hydrogen) atoms. The number of amides is 2. The summed E-state index contributed by atoms with van der Waals surface area (Å²) in [6, 6.07) is 2.54. The van der Waals surface area contributed by atoms with Crippen LogP contribution in [0.15, 0.2) is 18.3 Å². The van der Waals surface area contributed by atoms with Crippen molar-refractivity contribution in [3.05, 3.63) is 23.9 Å². The Bertz CT molecular complexity index is 468. The molecule has 2 rings (SSSR count). The number of rotatable bonds is 2. The molecular formula is C13H17N3O3. The highest BCUT2D eigenvalue weighted by molar-refractivity contribution is 5.92. The molecule has 1 aromatic rings. The number of carbonyl (C=O) groups is 2. The molecule has 0 saturated carbocycles. The van der Waals surface area contributed by atoms with E-state index in [1.165, 1.54) is 18.3 Å². The van der Waals surface area contributed by atoms with Crippen LogP contribution in [0.1, 0.15) is 36.0 Å². The minimum atomic E-state index is -1.03. The van der Waals surface area contributed by atoms with E-state index >= 15 is 0 Å². The lowest BCUT2D eigenvalue weighted by atomic mass is 10.2. The Kier molecular flexibility index (Phi) is 4.33. The van der Waals surface area contributed by atoms with Crippen molar-refractivity contribution >= 4 is 17.8 Å². The zero-order chi connectivity index (χ0) is 13.7. The Balaban J connectivity index is 2.01. The summed E-state index contributed by atoms with van der Waals surface area (Å²) in [6.07, 6.45) is 5.70. The fraction of sp³-hybridized carbons (Fsp3) is 0.462. The number of carbonyl (C=O) groups excluding carboxylic acids is 1. The van der Waals surface area contributed by atoms with Gasteiger partial charge in [0.2, 0.25) is 0 Å². The summed E-state index contributed by atoms with van der Waals surface area (Å²) in [5.41, 5.74) is 0.112. The average molecular weight is 263 g/mol. The SMILES string of the molecule is O=C(O)c1ccnc(NC(=O)N2CCCCCC2)c1. The molecule has 1 aromatic heterocycles. The molecule has 0 radical (unpaired) electrons. The summed E-state index contributed by atoms with van der Waals surface area (Å²) in [5.74, 6) is -0.762. The van der Waals surface area contributed by atoms with Gasteiger partial charge in [-0.05, 0) is 25.0 Å². The average Bonchev–Trinajstić information content (AvgIpc) is 2.68. The smallest absolute Gasteiger partial charge is 0.335 e. The van der Waals surface area contributed by atoms with Gasteiger partial charge < -0.3 is 10.0 Å². The van der Waals surface area contributed by atoms with E-state index in [0.717, 1.165) is 38.8 Å². The Hall–Kier alpha value is -2.11. The van der Waals surface area contributed by atoms with E-state index < -0.39 is 5.97 Å². The number of hydrogen-bond donors (Lipinski definition) is 2. The summed E-state index contributed by atoms with van der Waals surface area (Å²) >= 11 is 0. The van der Waals surface area contributed by atoms with Crippen molar-refractivity contribution in [2.75, 3.05) is 18.4 Å². The van der Waals surface area contributed by atoms with E-state index in [4.69, 9.17) is 5.11 Å². The predicted molar refractivity (Wildman–Crippen MR) is 70.3 cm³/mol. The zero-order valence-corrected chi connectivity index (χ0v) is 10.6. The first-order valence-corrected chi connectivity index (χ1v) is 6.42. The lowest BCUT2D eigenvalue weighted by molar-refractivity contribution is 0.0696. The predicted octanol–water partition coefficient (Wildman–Crippen LogP) is 2.19. The summed E-state index contributed by atoms with van der Waals surface area (Å²) in [4.78, 5) is 28.6. The van der Waals surface area contributed by atoms with Crippen LogP contribution in [-0.4, -0.2) is 40.1 Å². The molecule has 0 aromatic carbocycles. The number of nitrogens with zero attached hydrogens (tertiary/aromatic N) is 2. The van der Waals surface area contributed by atoms with E-state index in [0.29, 0.717) is 0 Å². The first kappa shape index (κ1) is 13.3. The number of urea groups is 1. The van der Waals surface area contributed by atoms with Crippen LogP contribution in [-0.2, 0) is 0 Å². The van der Waals surface area contributed by atoms with Gasteiger partial charge in [0, 0.05) is 19.3 Å². The molecule has 2 amide bonds. The molecule has 0 atom stereocenters. The Morgan fingerprint density at radius 2 is 1.89 bits per heavy atom. The van der Waals surface area contributed by atoms with Crippen LogP contribution in [0, 0.1) is 0 Å². The third-order valence-electron chi connectivity index (χ3n) is 3.14. The number of carboxylic acid groups (broad SMARTS) is 1. The van der Waals surface area contributed by atoms with Crippen LogP contribution in [0.3, 0.4) is 0 Å². The minimum Gasteiger partial charge on any atom is -0.478 e. The molecule has 0 aliphatic carbocycles. The second-order valence-electron chi connectivity index (χ2n) is 4.57. The summed E-state index contributed by atoms with van der Waals surface area (Å²) < 4.78 is 0. The maximum atomic E-state index is 12.0. The van der Waals surface area contributed by atoms with Crippen molar-refractivity contribution in [3.63, 3.8) is 0 Å². The first-order valence-electron chi connectivity index (χ1n) is 6.42. The molecule has 0 unspecified atom stereocenters. The van der Waals surface area contributed by atoms with E-state index in [-0.39, 0.29) is 17.4 Å². The van der Waals surface area contributed by atoms with E-state index in [9.17, 15) is 9.59 Å². The fourth-order valence-corrected chi connectivity index (χ4v) is 2.09. The van der Waals surface area contributed by atoms with Gasteiger partial charge >= 0.3 is 12.0 Å². The number of nitrogens with one attached hydrogen (secondary N) is 1. The maximum Gasteiger partial charge on any atom is 0.335 e. The Labute approximate surface area is 111 Å². The molecule has 2 N–H and O–H groups in total. The molecule has 0 spiro atoms. The summed E-state index contributed by atoms with van der Waals surface area (Å²) in [5, 5.41) is 11.5. The van der Waals surface area contributed by atoms with Gasteiger partial charge in [0.25, 0.3) is 0 Å². The van der Waals surface area contributed by atoms with Gasteiger partial charge in [-0.15, -0.1) is 0 Å². The molecule has 1 saturated heterocycles. The van der Waals surface area contributed by atoms with Gasteiger partial charge in [-0.1, -0.05) is 12.8 Å². The number of pyridine rings is 1. The van der Waals surface area contributed by atoms with Crippen LogP contribution in [0.25, 0.3) is 0 Å². The molecule has 0 bridgehead atoms. The van der Waals surface area contributed by atoms with E-state index in [1.54, 1.807) is 4.90 Å². The number of anilines is 1. The highest BCUT2D eigenvalue weighted by atomic mass is 16.4. The molecular weight excluding hydrogens is 246 g/mol. The van der Waals surface area contributed by atoms with Gasteiger partial charge in [-0.2, -0.15) is 0 Å². The van der Waals surface area contributed by atoms with Crippen LogP contribution in [0.5, 0.6) is 0 Å². The van der Waals surface area contributed by atoms with Crippen molar-refractivity contribution < 1.29 is 14.7 Å². The number of likely N-dealkylation sites (tertiary alicyclic amines) is 1. The highest BCUT2D eigenvalue weighted by Gasteiger charge is 2.16. The normalized spacial score (nSPS) is 15.7. The quantitative estimate of drug-likeness (QED) is 0.856. The summed E-state index contributed by atoms with van der Waals surface area (Å²) in [7, 11) is 0. The van der Waals surface area contributed by atoms with Gasteiger partial charge in [0.05, 0.1) is 5.56 Å². The lowest BCUT2D eigenvalue weighted by Gasteiger charge is -2.20. The lowest BCUT2D eigenvalue weighted by Crippen LogP contribution is -2.35. The molecule has 6 heteroatoms. The summed E-state index contributed by atoms with van der Waals surface area (Å²) in [6.45, 7) is 1.48. The second kappa shape index (κ2) is 6.17. The van der Waals surface area contributed by atoms with Crippen LogP contribution in [0.4, 0.5) is 10.6 Å². The Morgan fingerprint density at radius 3 is 2.53 bits per heavy atom. The molecule has 102 valence electrons. The molecule has 1 aliphatic heterocycles. The highest BCUT2D eigenvalue weighted by Crippen LogP contribution is 2.12. The van der Waals surface area contributed by atoms with Gasteiger partial charge in [-0.3, -0.25) is 5.32 Å². The van der Waals surface area contributed by atoms with Gasteiger partial charge in [0.15, 0.2) is 0 Å². The standard InChI is InChI=1S/C13H17N3O3/c17-12(18)10-5-6-14-11(9-10)15-13(19)16-7-3-1-2-4-8-16/h5-6,9H,1-4,7-8H2,(H,17,18)(H,14,15,19). The van der Waals surface area contributed by atoms with E-state index in [1.807, 2.05) is 0 Å². The number of hydrogen-bond acceptors (Lipinski definition) is 3. The van der Waals surface area contributed by atoms with E-state index in [2.05, 4.69) is 10.3 Å². The number of carboxylic acids is 1. The second-order valence-corrected chi connectivity index (χ2v) is 4.57. The third-order valence-corrected chi connectivity index (χ3v) is 3.14. The Morgan fingerprint density at radius 1 is 1.21 bits per heavy atom. The minimum absolute atomic E-state index is 0.112. The zero-order valence-electron chi connectivity index (χ0n) is 10.6. The monoisotopic (exact) mass is 263 g/mol. The molecule has 1 fully saturated rings. The fourth-order valence-electron chi connectivity index (χ4n) is 2.09. The number of aromatic nitrogens is 1. The van der Waals surface area contributed by atoms with Gasteiger partial charge in [-0.25, -0.2) is 14.6 Å². The molecule has 1 aliphatic rings. The topological polar surface area (TPSA) is 82.5 Å². The van der Waals surface area contributed by atoms with Crippen molar-refractivity contribution in [3.8, 4) is 0 Å². The van der Waals surface area contributed by atoms with Gasteiger partial charge in [0.1, 0.15) is 5.82 Å². The maximum absolute atomic E-state index is 12.0. The molecule has 6 nitrogen and oxygen atoms in total.